The minimum Gasteiger partial charge on any atom is -0.396 e. The lowest BCUT2D eigenvalue weighted by Crippen LogP contribution is -2.22. The molecular formula is C18H24ClN5OSi. The fourth-order valence-corrected chi connectivity index (χ4v) is 3.48. The van der Waals surface area contributed by atoms with E-state index < -0.39 is 8.07 Å². The van der Waals surface area contributed by atoms with Gasteiger partial charge in [0.25, 0.3) is 0 Å². The molecule has 0 radical (unpaired) electrons. The second kappa shape index (κ2) is 7.34. The Morgan fingerprint density at radius 1 is 1.23 bits per heavy atom. The van der Waals surface area contributed by atoms with E-state index in [0.717, 1.165) is 40.6 Å². The van der Waals surface area contributed by atoms with Gasteiger partial charge in [-0.15, -0.1) is 0 Å². The molecule has 3 heterocycles. The Morgan fingerprint density at radius 3 is 2.69 bits per heavy atom. The normalized spacial score (nSPS) is 12.0. The molecule has 0 saturated heterocycles. The van der Waals surface area contributed by atoms with Crippen LogP contribution in [0, 0.1) is 6.92 Å². The van der Waals surface area contributed by atoms with Crippen LogP contribution in [0.15, 0.2) is 24.7 Å². The molecule has 6 nitrogen and oxygen atoms in total. The van der Waals surface area contributed by atoms with E-state index in [1.165, 1.54) is 0 Å². The van der Waals surface area contributed by atoms with Crippen molar-refractivity contribution >= 4 is 36.5 Å². The van der Waals surface area contributed by atoms with Gasteiger partial charge in [0.1, 0.15) is 12.2 Å². The molecule has 3 rings (SSSR count). The average molecular weight is 390 g/mol. The maximum Gasteiger partial charge on any atom is 0.161 e. The van der Waals surface area contributed by atoms with Crippen molar-refractivity contribution in [1.82, 2.24) is 19.5 Å². The molecule has 3 aromatic rings. The fraction of sp³-hybridized carbons (Fsp3) is 0.389. The topological polar surface area (TPSA) is 78.9 Å². The number of hydrogen-bond acceptors (Lipinski definition) is 5. The van der Waals surface area contributed by atoms with Gasteiger partial charge in [0.15, 0.2) is 10.8 Å². The Balaban J connectivity index is 1.83. The van der Waals surface area contributed by atoms with Crippen LogP contribution >= 0.6 is 11.6 Å². The maximum atomic E-state index is 5.92. The van der Waals surface area contributed by atoms with Crippen LogP contribution in [0.3, 0.4) is 0 Å². The number of nitrogens with two attached hydrogens (primary N) is 1. The van der Waals surface area contributed by atoms with Gasteiger partial charge in [-0.3, -0.25) is 4.57 Å². The van der Waals surface area contributed by atoms with Gasteiger partial charge in [-0.2, -0.15) is 0 Å². The summed E-state index contributed by atoms with van der Waals surface area (Å²) in [5.74, 6) is 0. The van der Waals surface area contributed by atoms with Crippen molar-refractivity contribution in [3.8, 4) is 11.1 Å². The van der Waals surface area contributed by atoms with Gasteiger partial charge in [-0.05, 0) is 25.1 Å². The molecule has 138 valence electrons. The highest BCUT2D eigenvalue weighted by molar-refractivity contribution is 6.76. The minimum atomic E-state index is -1.09. The molecule has 0 aliphatic rings. The number of aryl methyl sites for hydroxylation is 1. The first kappa shape index (κ1) is 18.8. The molecule has 0 saturated carbocycles. The SMILES string of the molecule is Cc1nc2c(cc1-c1cnc(Cl)c(N)c1)ncn2COCC[Si](C)(C)C. The van der Waals surface area contributed by atoms with Gasteiger partial charge >= 0.3 is 0 Å². The van der Waals surface area contributed by atoms with Crippen molar-refractivity contribution in [2.24, 2.45) is 0 Å². The molecule has 0 fully saturated rings. The summed E-state index contributed by atoms with van der Waals surface area (Å²) in [6.45, 7) is 10.2. The molecule has 0 atom stereocenters. The summed E-state index contributed by atoms with van der Waals surface area (Å²) < 4.78 is 7.76. The van der Waals surface area contributed by atoms with Crippen molar-refractivity contribution in [3.05, 3.63) is 35.5 Å². The van der Waals surface area contributed by atoms with Crippen molar-refractivity contribution < 1.29 is 4.74 Å². The Hall–Kier alpha value is -1.96. The highest BCUT2D eigenvalue weighted by atomic mass is 35.5. The van der Waals surface area contributed by atoms with Crippen LogP contribution in [0.25, 0.3) is 22.3 Å². The van der Waals surface area contributed by atoms with E-state index in [9.17, 15) is 0 Å². The largest absolute Gasteiger partial charge is 0.396 e. The van der Waals surface area contributed by atoms with Crippen LogP contribution in [-0.4, -0.2) is 34.2 Å². The standard InChI is InChI=1S/C18H24ClN5OSi/c1-12-14(13-7-15(20)17(19)21-9-13)8-16-18(23-12)24(10-22-16)11-25-5-6-26(2,3)4/h7-10H,5-6,11,20H2,1-4H3. The van der Waals surface area contributed by atoms with Crippen LogP contribution in [0.5, 0.6) is 0 Å². The number of hydrogen-bond donors (Lipinski definition) is 1. The van der Waals surface area contributed by atoms with Gasteiger partial charge in [0, 0.05) is 37.7 Å². The Bertz CT molecular complexity index is 935. The van der Waals surface area contributed by atoms with E-state index in [-0.39, 0.29) is 0 Å². The quantitative estimate of drug-likeness (QED) is 0.385. The van der Waals surface area contributed by atoms with E-state index in [4.69, 9.17) is 27.1 Å². The van der Waals surface area contributed by atoms with E-state index in [0.29, 0.717) is 17.6 Å². The predicted molar refractivity (Wildman–Crippen MR) is 109 cm³/mol. The van der Waals surface area contributed by atoms with Crippen molar-refractivity contribution in [2.45, 2.75) is 39.3 Å². The van der Waals surface area contributed by atoms with Gasteiger partial charge in [0.05, 0.1) is 12.0 Å². The summed E-state index contributed by atoms with van der Waals surface area (Å²) in [6, 6.07) is 4.95. The van der Waals surface area contributed by atoms with E-state index >= 15 is 0 Å². The number of imidazole rings is 1. The van der Waals surface area contributed by atoms with E-state index in [1.54, 1.807) is 12.5 Å². The second-order valence-electron chi connectivity index (χ2n) is 7.63. The summed E-state index contributed by atoms with van der Waals surface area (Å²) in [7, 11) is -1.09. The summed E-state index contributed by atoms with van der Waals surface area (Å²) in [4.78, 5) is 13.3. The molecule has 0 amide bonds. The summed E-state index contributed by atoms with van der Waals surface area (Å²) >= 11 is 5.92. The number of ether oxygens (including phenoxy) is 1. The van der Waals surface area contributed by atoms with E-state index in [2.05, 4.69) is 29.6 Å². The third kappa shape index (κ3) is 4.23. The molecule has 0 aromatic carbocycles. The number of rotatable bonds is 6. The molecule has 0 aliphatic carbocycles. The first-order valence-electron chi connectivity index (χ1n) is 8.56. The molecule has 0 spiro atoms. The molecule has 8 heteroatoms. The smallest absolute Gasteiger partial charge is 0.161 e. The molecule has 26 heavy (non-hydrogen) atoms. The highest BCUT2D eigenvalue weighted by Gasteiger charge is 2.14. The molecular weight excluding hydrogens is 366 g/mol. The van der Waals surface area contributed by atoms with Crippen LogP contribution < -0.4 is 5.73 Å². The summed E-state index contributed by atoms with van der Waals surface area (Å²) in [5.41, 5.74) is 10.6. The van der Waals surface area contributed by atoms with Crippen LogP contribution in [-0.2, 0) is 11.5 Å². The number of aromatic nitrogens is 4. The number of nitrogen functional groups attached to an aromatic ring is 1. The molecule has 3 aromatic heterocycles. The lowest BCUT2D eigenvalue weighted by molar-refractivity contribution is 0.0895. The first-order chi connectivity index (χ1) is 12.2. The fourth-order valence-electron chi connectivity index (χ4n) is 2.62. The lowest BCUT2D eigenvalue weighted by Gasteiger charge is -2.15. The molecule has 0 unspecified atom stereocenters. The Kier molecular flexibility index (Phi) is 5.31. The van der Waals surface area contributed by atoms with Gasteiger partial charge in [-0.1, -0.05) is 31.2 Å². The van der Waals surface area contributed by atoms with E-state index in [1.807, 2.05) is 23.6 Å². The number of fused-ring (bicyclic) bond motifs is 1. The Morgan fingerprint density at radius 2 is 2.00 bits per heavy atom. The first-order valence-corrected chi connectivity index (χ1v) is 12.6. The Labute approximate surface area is 159 Å². The van der Waals surface area contributed by atoms with Gasteiger partial charge in [-0.25, -0.2) is 15.0 Å². The van der Waals surface area contributed by atoms with Gasteiger partial charge < -0.3 is 10.5 Å². The highest BCUT2D eigenvalue weighted by Crippen LogP contribution is 2.28. The zero-order chi connectivity index (χ0) is 18.9. The monoisotopic (exact) mass is 389 g/mol. The average Bonchev–Trinajstić information content (AvgIpc) is 2.94. The number of nitrogens with zero attached hydrogens (tertiary/aromatic N) is 4. The third-order valence-corrected chi connectivity index (χ3v) is 6.21. The predicted octanol–water partition coefficient (Wildman–Crippen LogP) is 4.35. The molecule has 0 aliphatic heterocycles. The summed E-state index contributed by atoms with van der Waals surface area (Å²) in [5, 5.41) is 0.306. The van der Waals surface area contributed by atoms with Gasteiger partial charge in [0.2, 0.25) is 0 Å². The zero-order valence-corrected chi connectivity index (χ0v) is 17.3. The zero-order valence-electron chi connectivity index (χ0n) is 15.6. The van der Waals surface area contributed by atoms with Crippen LogP contribution in [0.1, 0.15) is 5.69 Å². The molecule has 0 bridgehead atoms. The summed E-state index contributed by atoms with van der Waals surface area (Å²) in [6.07, 6.45) is 3.47. The van der Waals surface area contributed by atoms with Crippen molar-refractivity contribution in [3.63, 3.8) is 0 Å². The minimum absolute atomic E-state index is 0.306. The second-order valence-corrected chi connectivity index (χ2v) is 13.6. The molecule has 2 N–H and O–H groups in total. The number of halogens is 1. The van der Waals surface area contributed by atoms with Crippen molar-refractivity contribution in [2.75, 3.05) is 12.3 Å². The third-order valence-electron chi connectivity index (χ3n) is 4.19. The number of pyridine rings is 2. The van der Waals surface area contributed by atoms with Crippen LogP contribution in [0.2, 0.25) is 30.8 Å². The lowest BCUT2D eigenvalue weighted by atomic mass is 10.1. The van der Waals surface area contributed by atoms with Crippen molar-refractivity contribution in [1.29, 1.82) is 0 Å². The number of anilines is 1. The maximum absolute atomic E-state index is 5.92. The van der Waals surface area contributed by atoms with Crippen LogP contribution in [0.4, 0.5) is 5.69 Å².